The van der Waals surface area contributed by atoms with Crippen LogP contribution in [0.1, 0.15) is 25.1 Å². The highest BCUT2D eigenvalue weighted by Crippen LogP contribution is 2.20. The van der Waals surface area contributed by atoms with Crippen molar-refractivity contribution >= 4 is 23.0 Å². The zero-order valence-electron chi connectivity index (χ0n) is 8.64. The van der Waals surface area contributed by atoms with Crippen molar-refractivity contribution in [3.05, 3.63) is 12.2 Å². The number of nitrogens with two attached hydrogens (primary N) is 1. The Morgan fingerprint density at radius 1 is 1.62 bits per heavy atom. The molecule has 0 bridgehead atoms. The first-order chi connectivity index (χ1) is 7.63. The topological polar surface area (TPSA) is 118 Å². The van der Waals surface area contributed by atoms with Gasteiger partial charge in [-0.2, -0.15) is 0 Å². The minimum Gasteiger partial charge on any atom is -0.481 e. The molecule has 0 saturated heterocycles. The molecule has 0 amide bonds. The van der Waals surface area contributed by atoms with Gasteiger partial charge >= 0.3 is 5.97 Å². The van der Waals surface area contributed by atoms with Crippen LogP contribution in [-0.2, 0) is 4.79 Å². The molecule has 0 aliphatic carbocycles. The van der Waals surface area contributed by atoms with Crippen LogP contribution in [0, 0.1) is 0 Å². The van der Waals surface area contributed by atoms with Gasteiger partial charge in [-0.1, -0.05) is 6.92 Å². The number of nitrogens with one attached hydrogen (secondary N) is 1. The minimum absolute atomic E-state index is 0.201. The number of aliphatic carboxylic acids is 1. The molecule has 0 saturated carbocycles. The summed E-state index contributed by atoms with van der Waals surface area (Å²) in [7, 11) is 0. The lowest BCUT2D eigenvalue weighted by molar-refractivity contribution is -0.139. The highest BCUT2D eigenvalue weighted by atomic mass is 16.4. The number of rotatable bonds is 3. The normalized spacial score (nSPS) is 12.8. The maximum Gasteiger partial charge on any atom is 0.314 e. The van der Waals surface area contributed by atoms with Gasteiger partial charge in [0.15, 0.2) is 11.5 Å². The van der Waals surface area contributed by atoms with Crippen LogP contribution < -0.4 is 5.73 Å². The molecule has 0 aromatic carbocycles. The number of nitrogen functional groups attached to an aromatic ring is 1. The van der Waals surface area contributed by atoms with E-state index in [0.717, 1.165) is 0 Å². The van der Waals surface area contributed by atoms with Crippen molar-refractivity contribution in [2.45, 2.75) is 19.3 Å². The molecule has 0 aliphatic rings. The van der Waals surface area contributed by atoms with Crippen molar-refractivity contribution < 1.29 is 9.90 Å². The van der Waals surface area contributed by atoms with Crippen LogP contribution in [0.2, 0.25) is 0 Å². The molecule has 2 heterocycles. The number of carboxylic acids is 1. The number of aromatic nitrogens is 4. The first kappa shape index (κ1) is 10.3. The molecule has 2 rings (SSSR count). The molecule has 2 aromatic rings. The maximum absolute atomic E-state index is 11.0. The van der Waals surface area contributed by atoms with E-state index < -0.39 is 11.9 Å². The summed E-state index contributed by atoms with van der Waals surface area (Å²) in [5.74, 6) is -1.29. The predicted molar refractivity (Wildman–Crippen MR) is 56.8 cm³/mol. The minimum atomic E-state index is -0.961. The Kier molecular flexibility index (Phi) is 2.43. The highest BCUT2D eigenvalue weighted by molar-refractivity contribution is 5.82. The third-order valence-corrected chi connectivity index (χ3v) is 2.35. The van der Waals surface area contributed by atoms with E-state index >= 15 is 0 Å². The summed E-state index contributed by atoms with van der Waals surface area (Å²) < 4.78 is 0. The van der Waals surface area contributed by atoms with Crippen molar-refractivity contribution in [1.82, 2.24) is 19.9 Å². The number of fused-ring (bicyclic) bond motifs is 1. The Morgan fingerprint density at radius 2 is 2.38 bits per heavy atom. The zero-order chi connectivity index (χ0) is 11.7. The third kappa shape index (κ3) is 1.56. The van der Waals surface area contributed by atoms with Gasteiger partial charge in [0.25, 0.3) is 0 Å². The van der Waals surface area contributed by atoms with E-state index in [1.54, 1.807) is 6.92 Å². The van der Waals surface area contributed by atoms with Crippen molar-refractivity contribution in [1.29, 1.82) is 0 Å². The maximum atomic E-state index is 11.0. The molecule has 0 spiro atoms. The number of hydrogen-bond donors (Lipinski definition) is 3. The van der Waals surface area contributed by atoms with Crippen LogP contribution in [0.25, 0.3) is 11.2 Å². The second kappa shape index (κ2) is 3.76. The monoisotopic (exact) mass is 221 g/mol. The average molecular weight is 221 g/mol. The highest BCUT2D eigenvalue weighted by Gasteiger charge is 2.22. The molecule has 7 nitrogen and oxygen atoms in total. The molecule has 0 aliphatic heterocycles. The van der Waals surface area contributed by atoms with E-state index in [1.807, 2.05) is 0 Å². The van der Waals surface area contributed by atoms with E-state index in [4.69, 9.17) is 10.8 Å². The van der Waals surface area contributed by atoms with Crippen molar-refractivity contribution in [2.24, 2.45) is 0 Å². The lowest BCUT2D eigenvalue weighted by Crippen LogP contribution is -2.15. The fraction of sp³-hybridized carbons (Fsp3) is 0.333. The number of carbonyl (C=O) groups is 1. The molecule has 0 radical (unpaired) electrons. The number of imidazole rings is 1. The quantitative estimate of drug-likeness (QED) is 0.695. The summed E-state index contributed by atoms with van der Waals surface area (Å²) in [4.78, 5) is 25.8. The summed E-state index contributed by atoms with van der Waals surface area (Å²) in [6.45, 7) is 1.76. The fourth-order valence-corrected chi connectivity index (χ4v) is 1.50. The van der Waals surface area contributed by atoms with E-state index in [1.165, 1.54) is 6.33 Å². The predicted octanol–water partition coefficient (Wildman–Crippen LogP) is 0.513. The second-order valence-corrected chi connectivity index (χ2v) is 3.37. The average Bonchev–Trinajstić information content (AvgIpc) is 2.66. The number of anilines is 1. The zero-order valence-corrected chi connectivity index (χ0v) is 8.64. The molecular weight excluding hydrogens is 210 g/mol. The van der Waals surface area contributed by atoms with Crippen LogP contribution >= 0.6 is 0 Å². The van der Waals surface area contributed by atoms with Crippen LogP contribution in [0.5, 0.6) is 0 Å². The molecule has 84 valence electrons. The van der Waals surface area contributed by atoms with Crippen LogP contribution in [0.4, 0.5) is 5.82 Å². The Hall–Kier alpha value is -2.18. The smallest absolute Gasteiger partial charge is 0.314 e. The van der Waals surface area contributed by atoms with E-state index in [2.05, 4.69) is 19.9 Å². The number of hydrogen-bond acceptors (Lipinski definition) is 5. The van der Waals surface area contributed by atoms with E-state index in [0.29, 0.717) is 17.6 Å². The van der Waals surface area contributed by atoms with Gasteiger partial charge in [-0.05, 0) is 6.42 Å². The standard InChI is InChI=1S/C9H11N5O2/c1-2-4(9(15)16)7-13-6(10)5-8(14-7)12-3-11-5/h3-4H,2H2,1H3,(H,15,16)(H3,10,11,12,13,14). The molecule has 16 heavy (non-hydrogen) atoms. The fourth-order valence-electron chi connectivity index (χ4n) is 1.50. The molecule has 0 fully saturated rings. The van der Waals surface area contributed by atoms with Crippen LogP contribution in [0.15, 0.2) is 6.33 Å². The Balaban J connectivity index is 2.56. The van der Waals surface area contributed by atoms with Gasteiger partial charge in [0, 0.05) is 0 Å². The summed E-state index contributed by atoms with van der Waals surface area (Å²) in [6, 6.07) is 0. The first-order valence-electron chi connectivity index (χ1n) is 4.82. The summed E-state index contributed by atoms with van der Waals surface area (Å²) >= 11 is 0. The number of aromatic amines is 1. The number of nitrogens with zero attached hydrogens (tertiary/aromatic N) is 3. The Bertz CT molecular complexity index is 536. The van der Waals surface area contributed by atoms with Gasteiger partial charge < -0.3 is 15.8 Å². The molecule has 2 aromatic heterocycles. The van der Waals surface area contributed by atoms with Crippen LogP contribution in [0.3, 0.4) is 0 Å². The summed E-state index contributed by atoms with van der Waals surface area (Å²) in [5, 5.41) is 8.99. The molecule has 4 N–H and O–H groups in total. The van der Waals surface area contributed by atoms with E-state index in [-0.39, 0.29) is 11.6 Å². The van der Waals surface area contributed by atoms with Crippen molar-refractivity contribution in [2.75, 3.05) is 5.73 Å². The van der Waals surface area contributed by atoms with E-state index in [9.17, 15) is 4.79 Å². The first-order valence-corrected chi connectivity index (χ1v) is 4.82. The van der Waals surface area contributed by atoms with Crippen LogP contribution in [-0.4, -0.2) is 31.0 Å². The second-order valence-electron chi connectivity index (χ2n) is 3.37. The number of H-pyrrole nitrogens is 1. The summed E-state index contributed by atoms with van der Waals surface area (Å²) in [5.41, 5.74) is 6.60. The largest absolute Gasteiger partial charge is 0.481 e. The molecule has 1 atom stereocenters. The summed E-state index contributed by atoms with van der Waals surface area (Å²) in [6.07, 6.45) is 1.85. The third-order valence-electron chi connectivity index (χ3n) is 2.35. The van der Waals surface area contributed by atoms with Crippen molar-refractivity contribution in [3.63, 3.8) is 0 Å². The molecule has 7 heteroatoms. The Labute approximate surface area is 90.7 Å². The SMILES string of the molecule is CCC(C(=O)O)c1nc(N)c2[nH]cnc2n1. The lowest BCUT2D eigenvalue weighted by atomic mass is 10.1. The Morgan fingerprint density at radius 3 is 3.00 bits per heavy atom. The molecule has 1 unspecified atom stereocenters. The van der Waals surface area contributed by atoms with Gasteiger partial charge in [-0.15, -0.1) is 0 Å². The molecular formula is C9H11N5O2. The number of carboxylic acid groups (broad SMARTS) is 1. The van der Waals surface area contributed by atoms with Crippen molar-refractivity contribution in [3.8, 4) is 0 Å². The van der Waals surface area contributed by atoms with Gasteiger partial charge in [-0.3, -0.25) is 4.79 Å². The lowest BCUT2D eigenvalue weighted by Gasteiger charge is -2.08. The van der Waals surface area contributed by atoms with Gasteiger partial charge in [0.05, 0.1) is 6.33 Å². The van der Waals surface area contributed by atoms with Gasteiger partial charge in [0.2, 0.25) is 0 Å². The van der Waals surface area contributed by atoms with Gasteiger partial charge in [-0.25, -0.2) is 15.0 Å². The van der Waals surface area contributed by atoms with Gasteiger partial charge in [0.1, 0.15) is 17.3 Å².